The van der Waals surface area contributed by atoms with Gasteiger partial charge in [-0.1, -0.05) is 29.8 Å². The van der Waals surface area contributed by atoms with Crippen LogP contribution in [0.3, 0.4) is 0 Å². The fourth-order valence-electron chi connectivity index (χ4n) is 5.63. The van der Waals surface area contributed by atoms with Crippen molar-refractivity contribution in [3.8, 4) is 11.6 Å². The van der Waals surface area contributed by atoms with Gasteiger partial charge in [0.25, 0.3) is 0 Å². The van der Waals surface area contributed by atoms with Gasteiger partial charge in [0.15, 0.2) is 0 Å². The Morgan fingerprint density at radius 1 is 1.15 bits per heavy atom. The van der Waals surface area contributed by atoms with Crippen molar-refractivity contribution in [2.45, 2.75) is 24.9 Å². The highest BCUT2D eigenvalue weighted by Crippen LogP contribution is 2.43. The van der Waals surface area contributed by atoms with Gasteiger partial charge in [-0.05, 0) is 54.3 Å². The third-order valence-electron chi connectivity index (χ3n) is 7.72. The van der Waals surface area contributed by atoms with Gasteiger partial charge in [-0.2, -0.15) is 5.10 Å². The Morgan fingerprint density at radius 3 is 2.62 bits per heavy atom. The predicted octanol–water partition coefficient (Wildman–Crippen LogP) is 5.07. The van der Waals surface area contributed by atoms with Crippen molar-refractivity contribution in [3.05, 3.63) is 101 Å². The fraction of sp³-hybridized carbons (Fsp3) is 0.300. The summed E-state index contributed by atoms with van der Waals surface area (Å²) in [4.78, 5) is 9.09. The lowest BCUT2D eigenvalue weighted by atomic mass is 9.74. The van der Waals surface area contributed by atoms with Gasteiger partial charge in [0.2, 0.25) is 5.88 Å². The van der Waals surface area contributed by atoms with Crippen LogP contribution in [-0.4, -0.2) is 49.7 Å². The zero-order valence-corrected chi connectivity index (χ0v) is 22.7. The summed E-state index contributed by atoms with van der Waals surface area (Å²) in [6, 6.07) is 15.9. The lowest BCUT2D eigenvalue weighted by Crippen LogP contribution is -2.41. The van der Waals surface area contributed by atoms with Crippen LogP contribution in [0.15, 0.2) is 73.4 Å². The number of aromatic nitrogens is 5. The summed E-state index contributed by atoms with van der Waals surface area (Å²) in [5, 5.41) is 18.0. The zero-order valence-electron chi connectivity index (χ0n) is 21.9. The molecule has 0 aliphatic carbocycles. The minimum atomic E-state index is -1.25. The molecule has 1 fully saturated rings. The van der Waals surface area contributed by atoms with Gasteiger partial charge in [0.05, 0.1) is 41.6 Å². The number of fused-ring (bicyclic) bond motifs is 1. The van der Waals surface area contributed by atoms with Gasteiger partial charge in [-0.25, -0.2) is 14.6 Å². The molecule has 0 amide bonds. The molecule has 5 aromatic rings. The molecular weight excluding hydrogens is 514 g/mol. The van der Waals surface area contributed by atoms with Gasteiger partial charge in [0, 0.05) is 55.9 Å². The lowest BCUT2D eigenvalue weighted by Gasteiger charge is -2.39. The second-order valence-corrected chi connectivity index (χ2v) is 10.4. The minimum absolute atomic E-state index is 0.0307. The lowest BCUT2D eigenvalue weighted by molar-refractivity contribution is -0.0470. The molecule has 8 nitrogen and oxygen atoms in total. The van der Waals surface area contributed by atoms with Crippen LogP contribution in [0.1, 0.15) is 35.2 Å². The minimum Gasteiger partial charge on any atom is -0.481 e. The molecule has 0 bridgehead atoms. The van der Waals surface area contributed by atoms with Crippen molar-refractivity contribution in [1.29, 1.82) is 0 Å². The van der Waals surface area contributed by atoms with Crippen LogP contribution in [-0.2, 0) is 23.8 Å². The Hall–Kier alpha value is -3.72. The summed E-state index contributed by atoms with van der Waals surface area (Å²) < 4.78 is 15.0. The Kier molecular flexibility index (Phi) is 6.85. The molecule has 1 unspecified atom stereocenters. The maximum atomic E-state index is 12.4. The Morgan fingerprint density at radius 2 is 1.95 bits per heavy atom. The molecule has 1 aliphatic heterocycles. The second kappa shape index (κ2) is 10.4. The normalized spacial score (nSPS) is 15.9. The summed E-state index contributed by atoms with van der Waals surface area (Å²) in [6.45, 7) is 1.22. The Bertz CT molecular complexity index is 1590. The van der Waals surface area contributed by atoms with Crippen LogP contribution >= 0.6 is 11.6 Å². The highest BCUT2D eigenvalue weighted by molar-refractivity contribution is 6.36. The standard InChI is InChI=1S/C30H30ClN5O3/c1-35-19-32-18-27(35)30(37,21-10-14-39-15-11-21)22-6-9-26-24(17-22)28(31)25(29(34-26)38-2)16-20-4-7-23(8-5-20)36-13-3-12-33-36/h3-9,12-13,17-19,21,37H,10-11,14-16H2,1-2H3. The average Bonchev–Trinajstić information content (AvgIpc) is 3.67. The van der Waals surface area contributed by atoms with E-state index in [1.165, 1.54) is 0 Å². The number of methoxy groups -OCH3 is 1. The van der Waals surface area contributed by atoms with E-state index >= 15 is 0 Å². The van der Waals surface area contributed by atoms with E-state index in [4.69, 9.17) is 26.1 Å². The first-order valence-electron chi connectivity index (χ1n) is 13.0. The molecule has 2 aromatic carbocycles. The maximum Gasteiger partial charge on any atom is 0.218 e. The third kappa shape index (κ3) is 4.58. The van der Waals surface area contributed by atoms with E-state index in [2.05, 4.69) is 22.2 Å². The maximum absolute atomic E-state index is 12.4. The molecule has 1 atom stereocenters. The molecule has 4 heterocycles. The topological polar surface area (TPSA) is 87.2 Å². The van der Waals surface area contributed by atoms with Crippen molar-refractivity contribution in [2.24, 2.45) is 13.0 Å². The van der Waals surface area contributed by atoms with E-state index in [0.29, 0.717) is 36.1 Å². The Labute approximate surface area is 231 Å². The quantitative estimate of drug-likeness (QED) is 0.308. The molecule has 3 aromatic heterocycles. The van der Waals surface area contributed by atoms with Crippen molar-refractivity contribution >= 4 is 22.5 Å². The number of aryl methyl sites for hydroxylation is 1. The van der Waals surface area contributed by atoms with Gasteiger partial charge in [-0.3, -0.25) is 0 Å². The molecule has 1 aliphatic rings. The van der Waals surface area contributed by atoms with E-state index in [-0.39, 0.29) is 5.92 Å². The smallest absolute Gasteiger partial charge is 0.218 e. The van der Waals surface area contributed by atoms with E-state index in [1.54, 1.807) is 25.8 Å². The van der Waals surface area contributed by atoms with Crippen molar-refractivity contribution in [3.63, 3.8) is 0 Å². The first kappa shape index (κ1) is 25.6. The molecule has 1 N–H and O–H groups in total. The molecule has 200 valence electrons. The van der Waals surface area contributed by atoms with Gasteiger partial charge >= 0.3 is 0 Å². The first-order chi connectivity index (χ1) is 19.0. The number of halogens is 1. The van der Waals surface area contributed by atoms with E-state index < -0.39 is 5.60 Å². The third-order valence-corrected chi connectivity index (χ3v) is 8.15. The molecule has 39 heavy (non-hydrogen) atoms. The van der Waals surface area contributed by atoms with Crippen LogP contribution in [0, 0.1) is 5.92 Å². The van der Waals surface area contributed by atoms with Crippen LogP contribution in [0.5, 0.6) is 5.88 Å². The zero-order chi connectivity index (χ0) is 27.0. The van der Waals surface area contributed by atoms with Crippen LogP contribution in [0.2, 0.25) is 5.02 Å². The average molecular weight is 544 g/mol. The summed E-state index contributed by atoms with van der Waals surface area (Å²) in [6.07, 6.45) is 9.15. The predicted molar refractivity (Wildman–Crippen MR) is 149 cm³/mol. The fourth-order valence-corrected chi connectivity index (χ4v) is 5.93. The van der Waals surface area contributed by atoms with Gasteiger partial charge < -0.3 is 19.1 Å². The molecule has 9 heteroatoms. The van der Waals surface area contributed by atoms with Crippen molar-refractivity contribution in [2.75, 3.05) is 20.3 Å². The van der Waals surface area contributed by atoms with E-state index in [9.17, 15) is 5.11 Å². The molecule has 1 saturated heterocycles. The number of ether oxygens (including phenoxy) is 2. The summed E-state index contributed by atoms with van der Waals surface area (Å²) in [5.74, 6) is 0.458. The number of aliphatic hydroxyl groups is 1. The summed E-state index contributed by atoms with van der Waals surface area (Å²) in [5.41, 5.74) is 3.79. The largest absolute Gasteiger partial charge is 0.481 e. The number of benzene rings is 2. The number of rotatable bonds is 7. The number of nitrogens with zero attached hydrogens (tertiary/aromatic N) is 5. The van der Waals surface area contributed by atoms with Crippen LogP contribution in [0.25, 0.3) is 16.6 Å². The molecular formula is C30H30ClN5O3. The second-order valence-electron chi connectivity index (χ2n) is 9.98. The first-order valence-corrected chi connectivity index (χ1v) is 13.4. The van der Waals surface area contributed by atoms with E-state index in [0.717, 1.165) is 46.3 Å². The summed E-state index contributed by atoms with van der Waals surface area (Å²) in [7, 11) is 3.51. The molecule has 0 spiro atoms. The van der Waals surface area contributed by atoms with Gasteiger partial charge in [0.1, 0.15) is 5.60 Å². The molecule has 6 rings (SSSR count). The Balaban J connectivity index is 1.43. The number of imidazole rings is 1. The van der Waals surface area contributed by atoms with Crippen molar-refractivity contribution < 1.29 is 14.6 Å². The number of hydrogen-bond acceptors (Lipinski definition) is 6. The molecule has 0 saturated carbocycles. The monoisotopic (exact) mass is 543 g/mol. The highest BCUT2D eigenvalue weighted by Gasteiger charge is 2.43. The SMILES string of the molecule is COc1nc2ccc(C(O)(c3cncn3C)C3CCOCC3)cc2c(Cl)c1Cc1ccc(-n2cccn2)cc1. The van der Waals surface area contributed by atoms with Crippen LogP contribution < -0.4 is 4.74 Å². The van der Waals surface area contributed by atoms with Crippen molar-refractivity contribution in [1.82, 2.24) is 24.3 Å². The van der Waals surface area contributed by atoms with Gasteiger partial charge in [-0.15, -0.1) is 0 Å². The summed E-state index contributed by atoms with van der Waals surface area (Å²) >= 11 is 7.10. The molecule has 0 radical (unpaired) electrons. The van der Waals surface area contributed by atoms with Crippen LogP contribution in [0.4, 0.5) is 0 Å². The number of hydrogen-bond donors (Lipinski definition) is 1. The van der Waals surface area contributed by atoms with E-state index in [1.807, 2.05) is 58.9 Å². The number of pyridine rings is 1. The highest BCUT2D eigenvalue weighted by atomic mass is 35.5.